The fourth-order valence-corrected chi connectivity index (χ4v) is 2.49. The SMILES string of the molecule is CCc1noc(Cn2cnc3c(Cl)cc(Cl)cc3c2=O)n1. The van der Waals surface area contributed by atoms with Crippen LogP contribution in [0.25, 0.3) is 10.9 Å². The average molecular weight is 325 g/mol. The number of fused-ring (bicyclic) bond motifs is 1. The second-order valence-corrected chi connectivity index (χ2v) is 5.26. The molecule has 0 amide bonds. The van der Waals surface area contributed by atoms with Gasteiger partial charge in [0.15, 0.2) is 5.82 Å². The molecule has 0 fully saturated rings. The van der Waals surface area contributed by atoms with Crippen molar-refractivity contribution >= 4 is 34.1 Å². The second-order valence-electron chi connectivity index (χ2n) is 4.42. The molecule has 8 heteroatoms. The van der Waals surface area contributed by atoms with Gasteiger partial charge < -0.3 is 4.52 Å². The molecule has 2 aromatic heterocycles. The first-order valence-electron chi connectivity index (χ1n) is 6.24. The lowest BCUT2D eigenvalue weighted by molar-refractivity contribution is 0.365. The fraction of sp³-hybridized carbons (Fsp3) is 0.231. The summed E-state index contributed by atoms with van der Waals surface area (Å²) in [5.41, 5.74) is 0.155. The van der Waals surface area contributed by atoms with E-state index >= 15 is 0 Å². The minimum absolute atomic E-state index is 0.152. The lowest BCUT2D eigenvalue weighted by Gasteiger charge is -2.05. The first kappa shape index (κ1) is 14.0. The molecule has 3 rings (SSSR count). The lowest BCUT2D eigenvalue weighted by Crippen LogP contribution is -2.21. The van der Waals surface area contributed by atoms with E-state index in [1.807, 2.05) is 6.92 Å². The van der Waals surface area contributed by atoms with Crippen LogP contribution in [0.15, 0.2) is 27.8 Å². The van der Waals surface area contributed by atoms with Crippen molar-refractivity contribution in [2.24, 2.45) is 0 Å². The maximum atomic E-state index is 12.4. The number of rotatable bonds is 3. The van der Waals surface area contributed by atoms with E-state index in [4.69, 9.17) is 27.7 Å². The summed E-state index contributed by atoms with van der Waals surface area (Å²) in [5, 5.41) is 4.86. The summed E-state index contributed by atoms with van der Waals surface area (Å²) < 4.78 is 6.45. The molecule has 0 unspecified atom stereocenters. The third-order valence-corrected chi connectivity index (χ3v) is 3.48. The molecule has 2 heterocycles. The van der Waals surface area contributed by atoms with Crippen molar-refractivity contribution in [1.29, 1.82) is 0 Å². The summed E-state index contributed by atoms with van der Waals surface area (Å²) in [4.78, 5) is 20.8. The van der Waals surface area contributed by atoms with Crippen LogP contribution < -0.4 is 5.56 Å². The smallest absolute Gasteiger partial charge is 0.261 e. The van der Waals surface area contributed by atoms with Gasteiger partial charge in [-0.3, -0.25) is 9.36 Å². The molecule has 0 bridgehead atoms. The van der Waals surface area contributed by atoms with Gasteiger partial charge in [-0.25, -0.2) is 4.98 Å². The maximum absolute atomic E-state index is 12.4. The monoisotopic (exact) mass is 324 g/mol. The highest BCUT2D eigenvalue weighted by Crippen LogP contribution is 2.23. The molecule has 6 nitrogen and oxygen atoms in total. The molecular formula is C13H10Cl2N4O2. The van der Waals surface area contributed by atoms with Crippen LogP contribution in [0.2, 0.25) is 10.0 Å². The molecule has 0 aliphatic carbocycles. The number of halogens is 2. The van der Waals surface area contributed by atoms with Crippen LogP contribution in [0.4, 0.5) is 0 Å². The van der Waals surface area contributed by atoms with Gasteiger partial charge in [0.05, 0.1) is 22.3 Å². The molecule has 108 valence electrons. The third kappa shape index (κ3) is 2.64. The van der Waals surface area contributed by atoms with E-state index in [0.717, 1.165) is 0 Å². The van der Waals surface area contributed by atoms with Crippen LogP contribution in [0.1, 0.15) is 18.6 Å². The van der Waals surface area contributed by atoms with E-state index in [9.17, 15) is 4.79 Å². The van der Waals surface area contributed by atoms with E-state index in [1.54, 1.807) is 12.1 Å². The van der Waals surface area contributed by atoms with Crippen LogP contribution in [-0.4, -0.2) is 19.7 Å². The van der Waals surface area contributed by atoms with Gasteiger partial charge in [-0.2, -0.15) is 4.98 Å². The number of nitrogens with zero attached hydrogens (tertiary/aromatic N) is 4. The summed E-state index contributed by atoms with van der Waals surface area (Å²) in [6.45, 7) is 2.07. The Morgan fingerprint density at radius 2 is 2.14 bits per heavy atom. The first-order valence-corrected chi connectivity index (χ1v) is 6.99. The summed E-state index contributed by atoms with van der Waals surface area (Å²) in [5.74, 6) is 0.945. The van der Waals surface area contributed by atoms with Crippen molar-refractivity contribution in [3.63, 3.8) is 0 Å². The Labute approximate surface area is 129 Å². The van der Waals surface area contributed by atoms with E-state index in [1.165, 1.54) is 10.9 Å². The topological polar surface area (TPSA) is 73.8 Å². The predicted molar refractivity (Wildman–Crippen MR) is 78.8 cm³/mol. The molecule has 0 spiro atoms. The zero-order valence-electron chi connectivity index (χ0n) is 11.0. The quantitative estimate of drug-likeness (QED) is 0.740. The van der Waals surface area contributed by atoms with Gasteiger partial charge in [0, 0.05) is 11.4 Å². The van der Waals surface area contributed by atoms with Gasteiger partial charge >= 0.3 is 0 Å². The Morgan fingerprint density at radius 3 is 2.86 bits per heavy atom. The Hall–Kier alpha value is -1.92. The van der Waals surface area contributed by atoms with Gasteiger partial charge in [0.25, 0.3) is 5.56 Å². The Balaban J connectivity index is 2.07. The molecule has 0 saturated carbocycles. The summed E-state index contributed by atoms with van der Waals surface area (Å²) in [6, 6.07) is 3.09. The zero-order chi connectivity index (χ0) is 15.0. The van der Waals surface area contributed by atoms with Crippen LogP contribution in [0.3, 0.4) is 0 Å². The highest BCUT2D eigenvalue weighted by molar-refractivity contribution is 6.38. The van der Waals surface area contributed by atoms with Gasteiger partial charge in [-0.15, -0.1) is 0 Å². The molecule has 3 aromatic rings. The van der Waals surface area contributed by atoms with E-state index in [-0.39, 0.29) is 12.1 Å². The highest BCUT2D eigenvalue weighted by Gasteiger charge is 2.11. The van der Waals surface area contributed by atoms with E-state index in [0.29, 0.717) is 39.1 Å². The molecule has 0 radical (unpaired) electrons. The number of hydrogen-bond donors (Lipinski definition) is 0. The van der Waals surface area contributed by atoms with Crippen LogP contribution >= 0.6 is 23.2 Å². The molecule has 1 aromatic carbocycles. The van der Waals surface area contributed by atoms with Crippen molar-refractivity contribution in [3.8, 4) is 0 Å². The van der Waals surface area contributed by atoms with Gasteiger partial charge in [0.1, 0.15) is 6.54 Å². The number of hydrogen-bond acceptors (Lipinski definition) is 5. The minimum atomic E-state index is -0.263. The predicted octanol–water partition coefficient (Wildman–Crippen LogP) is 2.70. The highest BCUT2D eigenvalue weighted by atomic mass is 35.5. The molecule has 21 heavy (non-hydrogen) atoms. The number of benzene rings is 1. The second kappa shape index (κ2) is 5.46. The van der Waals surface area contributed by atoms with Crippen molar-refractivity contribution in [3.05, 3.63) is 50.6 Å². The lowest BCUT2D eigenvalue weighted by atomic mass is 10.2. The molecule has 0 saturated heterocycles. The molecular weight excluding hydrogens is 315 g/mol. The van der Waals surface area contributed by atoms with Gasteiger partial charge in [-0.1, -0.05) is 35.3 Å². The molecule has 0 aliphatic rings. The fourth-order valence-electron chi connectivity index (χ4n) is 1.95. The number of aryl methyl sites for hydroxylation is 1. The summed E-state index contributed by atoms with van der Waals surface area (Å²) >= 11 is 12.0. The zero-order valence-corrected chi connectivity index (χ0v) is 12.5. The van der Waals surface area contributed by atoms with Crippen molar-refractivity contribution in [2.75, 3.05) is 0 Å². The standard InChI is InChI=1S/C13H10Cl2N4O2/c1-2-10-17-11(21-18-10)5-19-6-16-12-8(13(19)20)3-7(14)4-9(12)15/h3-4,6H,2,5H2,1H3. The summed E-state index contributed by atoms with van der Waals surface area (Å²) in [6.07, 6.45) is 2.07. The van der Waals surface area contributed by atoms with Crippen molar-refractivity contribution in [1.82, 2.24) is 19.7 Å². The molecule has 0 atom stereocenters. The van der Waals surface area contributed by atoms with Crippen molar-refractivity contribution < 1.29 is 4.52 Å². The minimum Gasteiger partial charge on any atom is -0.337 e. The van der Waals surface area contributed by atoms with Crippen LogP contribution in [-0.2, 0) is 13.0 Å². The Morgan fingerprint density at radius 1 is 1.33 bits per heavy atom. The van der Waals surface area contributed by atoms with E-state index in [2.05, 4.69) is 15.1 Å². The van der Waals surface area contributed by atoms with Gasteiger partial charge in [-0.05, 0) is 12.1 Å². The molecule has 0 aliphatic heterocycles. The normalized spacial score (nSPS) is 11.2. The Kier molecular flexibility index (Phi) is 3.65. The maximum Gasteiger partial charge on any atom is 0.261 e. The average Bonchev–Trinajstić information content (AvgIpc) is 2.90. The van der Waals surface area contributed by atoms with Crippen LogP contribution in [0, 0.1) is 0 Å². The van der Waals surface area contributed by atoms with E-state index < -0.39 is 0 Å². The first-order chi connectivity index (χ1) is 10.1. The van der Waals surface area contributed by atoms with Crippen molar-refractivity contribution in [2.45, 2.75) is 19.9 Å². The third-order valence-electron chi connectivity index (χ3n) is 2.98. The molecule has 0 N–H and O–H groups in total. The Bertz CT molecular complexity index is 872. The number of aromatic nitrogens is 4. The largest absolute Gasteiger partial charge is 0.337 e. The summed E-state index contributed by atoms with van der Waals surface area (Å²) in [7, 11) is 0. The van der Waals surface area contributed by atoms with Crippen LogP contribution in [0.5, 0.6) is 0 Å². The van der Waals surface area contributed by atoms with Gasteiger partial charge in [0.2, 0.25) is 5.89 Å².